The highest BCUT2D eigenvalue weighted by molar-refractivity contribution is 9.10. The number of unbranched alkanes of at least 4 members (excludes halogenated alkanes) is 3. The molecule has 0 atom stereocenters. The van der Waals surface area contributed by atoms with Gasteiger partial charge in [0.15, 0.2) is 0 Å². The molecule has 0 bridgehead atoms. The monoisotopic (exact) mass is 342 g/mol. The molecule has 0 spiro atoms. The van der Waals surface area contributed by atoms with Gasteiger partial charge in [0.25, 0.3) is 0 Å². The Morgan fingerprint density at radius 3 is 2.70 bits per heavy atom. The zero-order valence-corrected chi connectivity index (χ0v) is 13.5. The fraction of sp³-hybridized carbons (Fsp3) is 0.533. The summed E-state index contributed by atoms with van der Waals surface area (Å²) in [6.45, 7) is 1.28. The number of ether oxygens (including phenoxy) is 1. The number of carbonyl (C=O) groups is 1. The molecule has 0 aliphatic heterocycles. The highest BCUT2D eigenvalue weighted by Crippen LogP contribution is 2.25. The molecule has 1 aromatic rings. The van der Waals surface area contributed by atoms with Crippen LogP contribution < -0.4 is 15.8 Å². The molecule has 0 aliphatic rings. The molecular formula is C15H23BrN2O2. The number of benzene rings is 1. The molecule has 0 radical (unpaired) electrons. The zero-order valence-electron chi connectivity index (χ0n) is 12.0. The van der Waals surface area contributed by atoms with E-state index in [0.29, 0.717) is 13.0 Å². The minimum Gasteiger partial charge on any atom is -0.496 e. The Labute approximate surface area is 129 Å². The van der Waals surface area contributed by atoms with Gasteiger partial charge in [-0.05, 0) is 53.0 Å². The van der Waals surface area contributed by atoms with Gasteiger partial charge in [0.1, 0.15) is 5.75 Å². The third kappa shape index (κ3) is 6.39. The minimum atomic E-state index is 0.102. The molecule has 0 unspecified atom stereocenters. The predicted octanol–water partition coefficient (Wildman–Crippen LogP) is 2.98. The topological polar surface area (TPSA) is 64.3 Å². The van der Waals surface area contributed by atoms with Crippen molar-refractivity contribution in [3.8, 4) is 5.75 Å². The van der Waals surface area contributed by atoms with Crippen LogP contribution in [0.2, 0.25) is 0 Å². The lowest BCUT2D eigenvalue weighted by Crippen LogP contribution is -2.22. The Kier molecular flexibility index (Phi) is 8.30. The van der Waals surface area contributed by atoms with E-state index in [1.165, 1.54) is 0 Å². The van der Waals surface area contributed by atoms with Crippen molar-refractivity contribution in [2.24, 2.45) is 5.73 Å². The quantitative estimate of drug-likeness (QED) is 0.678. The number of nitrogens with two attached hydrogens (primary N) is 1. The van der Waals surface area contributed by atoms with E-state index in [0.717, 1.165) is 48.0 Å². The second-order valence-corrected chi connectivity index (χ2v) is 5.55. The van der Waals surface area contributed by atoms with E-state index in [2.05, 4.69) is 21.2 Å². The molecule has 112 valence electrons. The first kappa shape index (κ1) is 17.0. The van der Waals surface area contributed by atoms with Crippen LogP contribution >= 0.6 is 15.9 Å². The normalized spacial score (nSPS) is 10.3. The van der Waals surface area contributed by atoms with Crippen LogP contribution in [0.5, 0.6) is 5.75 Å². The second kappa shape index (κ2) is 9.77. The highest BCUT2D eigenvalue weighted by Gasteiger charge is 2.04. The summed E-state index contributed by atoms with van der Waals surface area (Å²) in [6.07, 6.45) is 4.73. The number of methoxy groups -OCH3 is 1. The molecule has 20 heavy (non-hydrogen) atoms. The minimum absolute atomic E-state index is 0.102. The van der Waals surface area contributed by atoms with Crippen LogP contribution in [0, 0.1) is 0 Å². The lowest BCUT2D eigenvalue weighted by atomic mass is 10.1. The number of halogens is 1. The highest BCUT2D eigenvalue weighted by atomic mass is 79.9. The summed E-state index contributed by atoms with van der Waals surface area (Å²) in [6, 6.07) is 5.80. The number of carbonyl (C=O) groups excluding carboxylic acids is 1. The van der Waals surface area contributed by atoms with Crippen molar-refractivity contribution < 1.29 is 9.53 Å². The molecule has 1 rings (SSSR count). The molecule has 0 saturated carbocycles. The Bertz CT molecular complexity index is 424. The predicted molar refractivity (Wildman–Crippen MR) is 84.7 cm³/mol. The van der Waals surface area contributed by atoms with Gasteiger partial charge >= 0.3 is 0 Å². The van der Waals surface area contributed by atoms with Crippen LogP contribution in [0.3, 0.4) is 0 Å². The van der Waals surface area contributed by atoms with Gasteiger partial charge in [0.2, 0.25) is 5.91 Å². The number of hydrogen-bond donors (Lipinski definition) is 2. The van der Waals surface area contributed by atoms with Crippen LogP contribution in [0.25, 0.3) is 0 Å². The van der Waals surface area contributed by atoms with Gasteiger partial charge in [-0.25, -0.2) is 0 Å². The molecule has 4 nitrogen and oxygen atoms in total. The van der Waals surface area contributed by atoms with Crippen LogP contribution in [0.1, 0.15) is 37.7 Å². The summed E-state index contributed by atoms with van der Waals surface area (Å²) in [5.74, 6) is 0.893. The maximum absolute atomic E-state index is 11.7. The van der Waals surface area contributed by atoms with E-state index in [9.17, 15) is 4.79 Å². The zero-order chi connectivity index (χ0) is 14.8. The fourth-order valence-corrected chi connectivity index (χ4v) is 2.48. The average molecular weight is 343 g/mol. The molecule has 0 heterocycles. The SMILES string of the molecule is COc1ccc(CNC(=O)CCCCCCN)cc1Br. The number of rotatable bonds is 9. The Hall–Kier alpha value is -1.07. The lowest BCUT2D eigenvalue weighted by Gasteiger charge is -2.08. The third-order valence-corrected chi connectivity index (χ3v) is 3.68. The summed E-state index contributed by atoms with van der Waals surface area (Å²) in [5, 5.41) is 2.93. The molecular weight excluding hydrogens is 320 g/mol. The molecule has 0 aliphatic carbocycles. The van der Waals surface area contributed by atoms with Crippen LogP contribution in [0.4, 0.5) is 0 Å². The Balaban J connectivity index is 2.25. The smallest absolute Gasteiger partial charge is 0.220 e. The number of nitrogens with one attached hydrogen (secondary N) is 1. The van der Waals surface area contributed by atoms with Gasteiger partial charge in [-0.1, -0.05) is 18.9 Å². The molecule has 1 aromatic carbocycles. The van der Waals surface area contributed by atoms with Crippen molar-refractivity contribution >= 4 is 21.8 Å². The number of amides is 1. The van der Waals surface area contributed by atoms with Gasteiger partial charge in [0, 0.05) is 13.0 Å². The summed E-state index contributed by atoms with van der Waals surface area (Å²) in [7, 11) is 1.63. The lowest BCUT2D eigenvalue weighted by molar-refractivity contribution is -0.121. The van der Waals surface area contributed by atoms with Crippen molar-refractivity contribution in [3.05, 3.63) is 28.2 Å². The maximum atomic E-state index is 11.7. The first-order valence-corrected chi connectivity index (χ1v) is 7.76. The first-order valence-electron chi connectivity index (χ1n) is 6.96. The average Bonchev–Trinajstić information content (AvgIpc) is 2.45. The largest absolute Gasteiger partial charge is 0.496 e. The Morgan fingerprint density at radius 2 is 2.05 bits per heavy atom. The van der Waals surface area contributed by atoms with E-state index >= 15 is 0 Å². The van der Waals surface area contributed by atoms with Crippen molar-refractivity contribution in [2.75, 3.05) is 13.7 Å². The maximum Gasteiger partial charge on any atom is 0.220 e. The van der Waals surface area contributed by atoms with Crippen LogP contribution in [-0.4, -0.2) is 19.6 Å². The van der Waals surface area contributed by atoms with E-state index in [1.807, 2.05) is 18.2 Å². The van der Waals surface area contributed by atoms with Crippen molar-refractivity contribution in [2.45, 2.75) is 38.6 Å². The van der Waals surface area contributed by atoms with E-state index in [-0.39, 0.29) is 5.91 Å². The van der Waals surface area contributed by atoms with Crippen molar-refractivity contribution in [1.82, 2.24) is 5.32 Å². The van der Waals surface area contributed by atoms with Crippen molar-refractivity contribution in [1.29, 1.82) is 0 Å². The van der Waals surface area contributed by atoms with Gasteiger partial charge in [0.05, 0.1) is 11.6 Å². The summed E-state index contributed by atoms with van der Waals surface area (Å²) in [4.78, 5) is 11.7. The molecule has 0 aromatic heterocycles. The van der Waals surface area contributed by atoms with Gasteiger partial charge in [-0.15, -0.1) is 0 Å². The van der Waals surface area contributed by atoms with Gasteiger partial charge in [-0.3, -0.25) is 4.79 Å². The van der Waals surface area contributed by atoms with Crippen LogP contribution in [-0.2, 0) is 11.3 Å². The summed E-state index contributed by atoms with van der Waals surface area (Å²) < 4.78 is 6.06. The standard InChI is InChI=1S/C15H23BrN2O2/c1-20-14-8-7-12(10-13(14)16)11-18-15(19)6-4-2-3-5-9-17/h7-8,10H,2-6,9,11,17H2,1H3,(H,18,19). The van der Waals surface area contributed by atoms with E-state index in [1.54, 1.807) is 7.11 Å². The van der Waals surface area contributed by atoms with Gasteiger partial charge < -0.3 is 15.8 Å². The van der Waals surface area contributed by atoms with Gasteiger partial charge in [-0.2, -0.15) is 0 Å². The molecule has 1 amide bonds. The third-order valence-electron chi connectivity index (χ3n) is 3.06. The fourth-order valence-electron chi connectivity index (χ4n) is 1.89. The summed E-state index contributed by atoms with van der Waals surface area (Å²) >= 11 is 3.43. The van der Waals surface area contributed by atoms with E-state index in [4.69, 9.17) is 10.5 Å². The number of hydrogen-bond acceptors (Lipinski definition) is 3. The Morgan fingerprint density at radius 1 is 1.30 bits per heavy atom. The molecule has 3 N–H and O–H groups in total. The first-order chi connectivity index (χ1) is 9.67. The van der Waals surface area contributed by atoms with E-state index < -0.39 is 0 Å². The molecule has 5 heteroatoms. The summed E-state index contributed by atoms with van der Waals surface area (Å²) in [5.41, 5.74) is 6.47. The molecule has 0 fully saturated rings. The van der Waals surface area contributed by atoms with Crippen molar-refractivity contribution in [3.63, 3.8) is 0 Å². The second-order valence-electron chi connectivity index (χ2n) is 4.70. The van der Waals surface area contributed by atoms with Crippen LogP contribution in [0.15, 0.2) is 22.7 Å². The molecule has 0 saturated heterocycles.